The van der Waals surface area contributed by atoms with Crippen LogP contribution in [0.4, 0.5) is 0 Å². The maximum absolute atomic E-state index is 6.24. The molecule has 0 aromatic heterocycles. The number of alkyl halides is 1. The van der Waals surface area contributed by atoms with Gasteiger partial charge < -0.3 is 4.74 Å². The van der Waals surface area contributed by atoms with E-state index in [2.05, 4.69) is 22.9 Å². The quantitative estimate of drug-likeness (QED) is 0.576. The van der Waals surface area contributed by atoms with Gasteiger partial charge in [0.15, 0.2) is 0 Å². The predicted molar refractivity (Wildman–Crippen MR) is 78.8 cm³/mol. The smallest absolute Gasteiger partial charge is 0.139 e. The fourth-order valence-electron chi connectivity index (χ4n) is 1.59. The average molecular weight is 340 g/mol. The maximum Gasteiger partial charge on any atom is 0.139 e. The highest BCUT2D eigenvalue weighted by molar-refractivity contribution is 9.09. The van der Waals surface area contributed by atoms with E-state index < -0.39 is 0 Å². The number of hydrogen-bond donors (Lipinski definition) is 0. The summed E-state index contributed by atoms with van der Waals surface area (Å²) in [4.78, 5) is 0.253. The first-order valence-electron chi connectivity index (χ1n) is 5.85. The van der Waals surface area contributed by atoms with Crippen molar-refractivity contribution in [3.05, 3.63) is 27.7 Å². The molecule has 0 bridgehead atoms. The minimum absolute atomic E-state index is 0.253. The Morgan fingerprint density at radius 3 is 2.53 bits per heavy atom. The highest BCUT2D eigenvalue weighted by Crippen LogP contribution is 2.39. The first kappa shape index (κ1) is 15.1. The molecular weight excluding hydrogens is 323 g/mol. The van der Waals surface area contributed by atoms with E-state index in [1.807, 2.05) is 13.0 Å². The van der Waals surface area contributed by atoms with Crippen LogP contribution in [0.5, 0.6) is 5.75 Å². The molecule has 1 atom stereocenters. The van der Waals surface area contributed by atoms with Crippen LogP contribution in [0, 0.1) is 0 Å². The Bertz CT molecular complexity index is 369. The van der Waals surface area contributed by atoms with E-state index in [1.54, 1.807) is 6.07 Å². The van der Waals surface area contributed by atoms with Gasteiger partial charge in [-0.2, -0.15) is 0 Å². The van der Waals surface area contributed by atoms with Crippen LogP contribution < -0.4 is 4.74 Å². The van der Waals surface area contributed by atoms with Crippen LogP contribution in [0.25, 0.3) is 0 Å². The lowest BCUT2D eigenvalue weighted by Gasteiger charge is -2.14. The summed E-state index contributed by atoms with van der Waals surface area (Å²) in [7, 11) is 0. The molecule has 0 aliphatic rings. The molecule has 1 unspecified atom stereocenters. The topological polar surface area (TPSA) is 9.23 Å². The van der Waals surface area contributed by atoms with Crippen molar-refractivity contribution in [2.45, 2.75) is 37.9 Å². The number of ether oxygens (including phenoxy) is 1. The van der Waals surface area contributed by atoms with E-state index in [1.165, 1.54) is 6.42 Å². The summed E-state index contributed by atoms with van der Waals surface area (Å²) in [6.07, 6.45) is 3.39. The van der Waals surface area contributed by atoms with Crippen LogP contribution in [0.2, 0.25) is 10.0 Å². The third-order valence-corrected chi connectivity index (χ3v) is 4.07. The van der Waals surface area contributed by atoms with E-state index in [0.29, 0.717) is 22.4 Å². The van der Waals surface area contributed by atoms with Crippen molar-refractivity contribution in [2.24, 2.45) is 0 Å². The van der Waals surface area contributed by atoms with E-state index in [4.69, 9.17) is 27.9 Å². The van der Waals surface area contributed by atoms with Gasteiger partial charge in [0, 0.05) is 15.9 Å². The van der Waals surface area contributed by atoms with Crippen molar-refractivity contribution in [1.29, 1.82) is 0 Å². The molecule has 1 aromatic carbocycles. The fraction of sp³-hybridized carbons (Fsp3) is 0.538. The Morgan fingerprint density at radius 2 is 1.94 bits per heavy atom. The summed E-state index contributed by atoms with van der Waals surface area (Å²) < 4.78 is 5.40. The average Bonchev–Trinajstić information content (AvgIpc) is 2.30. The molecule has 0 aliphatic heterocycles. The highest BCUT2D eigenvalue weighted by atomic mass is 79.9. The minimum Gasteiger partial charge on any atom is -0.492 e. The summed E-state index contributed by atoms with van der Waals surface area (Å²) in [5.74, 6) is 0.651. The summed E-state index contributed by atoms with van der Waals surface area (Å²) in [6, 6.07) is 3.69. The van der Waals surface area contributed by atoms with Gasteiger partial charge in [-0.05, 0) is 25.0 Å². The van der Waals surface area contributed by atoms with Crippen LogP contribution in [-0.4, -0.2) is 6.61 Å². The van der Waals surface area contributed by atoms with Crippen LogP contribution in [0.1, 0.15) is 43.5 Å². The first-order valence-corrected chi connectivity index (χ1v) is 7.53. The largest absolute Gasteiger partial charge is 0.492 e. The number of halogens is 3. The normalized spacial score (nSPS) is 12.5. The Kier molecular flexibility index (Phi) is 6.68. The molecule has 1 nitrogen and oxygen atoms in total. The van der Waals surface area contributed by atoms with Crippen molar-refractivity contribution >= 4 is 39.1 Å². The van der Waals surface area contributed by atoms with E-state index in [9.17, 15) is 0 Å². The second kappa shape index (κ2) is 7.50. The van der Waals surface area contributed by atoms with Gasteiger partial charge in [0.1, 0.15) is 5.75 Å². The van der Waals surface area contributed by atoms with E-state index in [0.717, 1.165) is 18.4 Å². The number of hydrogen-bond acceptors (Lipinski definition) is 1. The van der Waals surface area contributed by atoms with Gasteiger partial charge >= 0.3 is 0 Å². The molecule has 0 amide bonds. The standard InChI is InChI=1S/C13H17BrCl2O/c1-3-5-6-10(14)9-7-12(16)13(17-4-2)8-11(9)15/h7-8,10H,3-6H2,1-2H3. The molecule has 0 radical (unpaired) electrons. The Balaban J connectivity index is 2.90. The van der Waals surface area contributed by atoms with Crippen molar-refractivity contribution in [2.75, 3.05) is 6.61 Å². The second-order valence-electron chi connectivity index (χ2n) is 3.85. The zero-order valence-corrected chi connectivity index (χ0v) is 13.2. The van der Waals surface area contributed by atoms with Gasteiger partial charge in [-0.3, -0.25) is 0 Å². The first-order chi connectivity index (χ1) is 8.10. The molecule has 0 heterocycles. The van der Waals surface area contributed by atoms with Gasteiger partial charge in [-0.1, -0.05) is 58.9 Å². The molecule has 0 fully saturated rings. The zero-order valence-electron chi connectivity index (χ0n) is 10.1. The second-order valence-corrected chi connectivity index (χ2v) is 5.77. The number of benzene rings is 1. The third kappa shape index (κ3) is 4.35. The van der Waals surface area contributed by atoms with Crippen LogP contribution in [-0.2, 0) is 0 Å². The van der Waals surface area contributed by atoms with Gasteiger partial charge in [0.05, 0.1) is 11.6 Å². The summed E-state index contributed by atoms with van der Waals surface area (Å²) >= 11 is 16.0. The van der Waals surface area contributed by atoms with Crippen LogP contribution in [0.15, 0.2) is 12.1 Å². The lowest BCUT2D eigenvalue weighted by Crippen LogP contribution is -1.96. The molecule has 1 rings (SSSR count). The molecule has 17 heavy (non-hydrogen) atoms. The third-order valence-electron chi connectivity index (χ3n) is 2.50. The molecule has 0 N–H and O–H groups in total. The van der Waals surface area contributed by atoms with Crippen LogP contribution >= 0.6 is 39.1 Å². The Labute approximate surface area is 122 Å². The molecule has 4 heteroatoms. The molecule has 0 aliphatic carbocycles. The molecule has 0 saturated heterocycles. The van der Waals surface area contributed by atoms with Gasteiger partial charge in [-0.25, -0.2) is 0 Å². The monoisotopic (exact) mass is 338 g/mol. The Hall–Kier alpha value is 0.0800. The molecular formula is C13H17BrCl2O. The van der Waals surface area contributed by atoms with Gasteiger partial charge in [0.25, 0.3) is 0 Å². The predicted octanol–water partition coefficient (Wildman–Crippen LogP) is 6.02. The Morgan fingerprint density at radius 1 is 1.24 bits per heavy atom. The molecule has 0 saturated carbocycles. The fourth-order valence-corrected chi connectivity index (χ4v) is 2.94. The van der Waals surface area contributed by atoms with Crippen molar-refractivity contribution in [3.8, 4) is 5.75 Å². The maximum atomic E-state index is 6.24. The number of rotatable bonds is 6. The molecule has 1 aromatic rings. The van der Waals surface area contributed by atoms with Gasteiger partial charge in [-0.15, -0.1) is 0 Å². The summed E-state index contributed by atoms with van der Waals surface area (Å²) in [6.45, 7) is 4.68. The van der Waals surface area contributed by atoms with Crippen molar-refractivity contribution in [1.82, 2.24) is 0 Å². The van der Waals surface area contributed by atoms with Crippen LogP contribution in [0.3, 0.4) is 0 Å². The van der Waals surface area contributed by atoms with Crippen molar-refractivity contribution in [3.63, 3.8) is 0 Å². The van der Waals surface area contributed by atoms with E-state index in [-0.39, 0.29) is 4.83 Å². The van der Waals surface area contributed by atoms with E-state index >= 15 is 0 Å². The minimum atomic E-state index is 0.253. The molecule has 96 valence electrons. The summed E-state index contributed by atoms with van der Waals surface area (Å²) in [5.41, 5.74) is 1.04. The lowest BCUT2D eigenvalue weighted by molar-refractivity contribution is 0.340. The SMILES string of the molecule is CCCCC(Br)c1cc(Cl)c(OCC)cc1Cl. The zero-order chi connectivity index (χ0) is 12.8. The lowest BCUT2D eigenvalue weighted by atomic mass is 10.1. The highest BCUT2D eigenvalue weighted by Gasteiger charge is 2.14. The number of unbranched alkanes of at least 4 members (excludes halogenated alkanes) is 1. The molecule has 0 spiro atoms. The van der Waals surface area contributed by atoms with Crippen molar-refractivity contribution < 1.29 is 4.74 Å². The van der Waals surface area contributed by atoms with Gasteiger partial charge in [0.2, 0.25) is 0 Å². The summed E-state index contributed by atoms with van der Waals surface area (Å²) in [5, 5.41) is 1.32.